The molecule has 2 amide bonds. The first kappa shape index (κ1) is 16.6. The predicted octanol–water partition coefficient (Wildman–Crippen LogP) is 2.83. The van der Waals surface area contributed by atoms with Gasteiger partial charge in [-0.05, 0) is 37.6 Å². The highest BCUT2D eigenvalue weighted by Crippen LogP contribution is 2.24. The van der Waals surface area contributed by atoms with Gasteiger partial charge in [-0.15, -0.1) is 0 Å². The fraction of sp³-hybridized carbons (Fsp3) is 0.294. The summed E-state index contributed by atoms with van der Waals surface area (Å²) < 4.78 is 10.6. The van der Waals surface area contributed by atoms with Crippen LogP contribution in [0.5, 0.6) is 5.75 Å². The second-order valence-corrected chi connectivity index (χ2v) is 5.01. The molecule has 2 N–H and O–H groups in total. The van der Waals surface area contributed by atoms with Gasteiger partial charge < -0.3 is 19.8 Å². The molecule has 0 bridgehead atoms. The monoisotopic (exact) mass is 316 g/mol. The van der Waals surface area contributed by atoms with E-state index in [4.69, 9.17) is 9.15 Å². The van der Waals surface area contributed by atoms with Crippen molar-refractivity contribution in [3.05, 3.63) is 48.4 Å². The van der Waals surface area contributed by atoms with E-state index >= 15 is 0 Å². The van der Waals surface area contributed by atoms with E-state index in [0.29, 0.717) is 18.0 Å². The van der Waals surface area contributed by atoms with E-state index in [-0.39, 0.29) is 11.7 Å². The van der Waals surface area contributed by atoms with Crippen molar-refractivity contribution in [1.29, 1.82) is 0 Å². The Morgan fingerprint density at radius 2 is 2.00 bits per heavy atom. The Morgan fingerprint density at radius 3 is 2.70 bits per heavy atom. The summed E-state index contributed by atoms with van der Waals surface area (Å²) in [7, 11) is 0. The minimum absolute atomic E-state index is 0.163. The standard InChI is InChI=1S/C17H20N2O4/c1-3-10-22-14-8-5-4-7-13(14)19-16(20)12(2)18-17(21)15-9-6-11-23-15/h4-9,11-12H,3,10H2,1-2H3,(H,18,21)(H,19,20). The lowest BCUT2D eigenvalue weighted by Crippen LogP contribution is -2.41. The molecular weight excluding hydrogens is 296 g/mol. The molecule has 122 valence electrons. The zero-order valence-electron chi connectivity index (χ0n) is 13.2. The second kappa shape index (κ2) is 8.03. The van der Waals surface area contributed by atoms with Gasteiger partial charge in [0, 0.05) is 0 Å². The quantitative estimate of drug-likeness (QED) is 0.823. The van der Waals surface area contributed by atoms with E-state index in [0.717, 1.165) is 6.42 Å². The van der Waals surface area contributed by atoms with Crippen molar-refractivity contribution in [2.45, 2.75) is 26.3 Å². The zero-order chi connectivity index (χ0) is 16.7. The van der Waals surface area contributed by atoms with E-state index in [1.54, 1.807) is 31.2 Å². The second-order valence-electron chi connectivity index (χ2n) is 5.01. The van der Waals surface area contributed by atoms with Crippen LogP contribution in [0.25, 0.3) is 0 Å². The number of hydrogen-bond acceptors (Lipinski definition) is 4. The molecule has 6 heteroatoms. The van der Waals surface area contributed by atoms with E-state index in [1.807, 2.05) is 13.0 Å². The molecule has 2 aromatic rings. The Labute approximate surface area is 134 Å². The molecule has 0 radical (unpaired) electrons. The minimum atomic E-state index is -0.716. The van der Waals surface area contributed by atoms with Crippen LogP contribution in [-0.4, -0.2) is 24.5 Å². The van der Waals surface area contributed by atoms with Crippen LogP contribution >= 0.6 is 0 Å². The number of amides is 2. The SMILES string of the molecule is CCCOc1ccccc1NC(=O)C(C)NC(=O)c1ccco1. The van der Waals surface area contributed by atoms with Crippen LogP contribution in [0, 0.1) is 0 Å². The third-order valence-corrected chi connectivity index (χ3v) is 3.09. The molecule has 1 unspecified atom stereocenters. The summed E-state index contributed by atoms with van der Waals surface area (Å²) in [6.07, 6.45) is 2.28. The summed E-state index contributed by atoms with van der Waals surface area (Å²) in [6.45, 7) is 4.18. The van der Waals surface area contributed by atoms with Gasteiger partial charge in [0.1, 0.15) is 11.8 Å². The third kappa shape index (κ3) is 4.60. The summed E-state index contributed by atoms with van der Waals surface area (Å²) in [5.74, 6) is -0.00536. The van der Waals surface area contributed by atoms with Gasteiger partial charge in [0.15, 0.2) is 5.76 Å². The number of furan rings is 1. The summed E-state index contributed by atoms with van der Waals surface area (Å²) in [5, 5.41) is 5.34. The Hall–Kier alpha value is -2.76. The topological polar surface area (TPSA) is 80.6 Å². The van der Waals surface area contributed by atoms with Gasteiger partial charge in [-0.2, -0.15) is 0 Å². The van der Waals surface area contributed by atoms with Gasteiger partial charge in [0.25, 0.3) is 5.91 Å². The number of hydrogen-bond donors (Lipinski definition) is 2. The van der Waals surface area contributed by atoms with Crippen LogP contribution in [0.3, 0.4) is 0 Å². The normalized spacial score (nSPS) is 11.6. The van der Waals surface area contributed by atoms with Gasteiger partial charge in [-0.3, -0.25) is 9.59 Å². The average molecular weight is 316 g/mol. The van der Waals surface area contributed by atoms with E-state index in [1.165, 1.54) is 12.3 Å². The maximum Gasteiger partial charge on any atom is 0.287 e. The van der Waals surface area contributed by atoms with Crippen LogP contribution in [0.1, 0.15) is 30.8 Å². The number of nitrogens with one attached hydrogen (secondary N) is 2. The maximum atomic E-state index is 12.2. The van der Waals surface area contributed by atoms with Gasteiger partial charge in [0.05, 0.1) is 18.6 Å². The number of ether oxygens (including phenoxy) is 1. The molecule has 0 fully saturated rings. The summed E-state index contributed by atoms with van der Waals surface area (Å²) in [4.78, 5) is 24.1. The fourth-order valence-electron chi connectivity index (χ4n) is 1.89. The third-order valence-electron chi connectivity index (χ3n) is 3.09. The van der Waals surface area contributed by atoms with Gasteiger partial charge in [-0.1, -0.05) is 19.1 Å². The van der Waals surface area contributed by atoms with Crippen LogP contribution < -0.4 is 15.4 Å². The number of benzene rings is 1. The molecule has 1 heterocycles. The Kier molecular flexibility index (Phi) is 5.80. The van der Waals surface area contributed by atoms with Gasteiger partial charge >= 0.3 is 0 Å². The van der Waals surface area contributed by atoms with Crippen LogP contribution in [0.4, 0.5) is 5.69 Å². The van der Waals surface area contributed by atoms with Crippen molar-refractivity contribution in [2.24, 2.45) is 0 Å². The minimum Gasteiger partial charge on any atom is -0.491 e. The first-order chi connectivity index (χ1) is 11.1. The lowest BCUT2D eigenvalue weighted by atomic mass is 10.2. The van der Waals surface area contributed by atoms with Crippen LogP contribution in [-0.2, 0) is 4.79 Å². The molecule has 23 heavy (non-hydrogen) atoms. The van der Waals surface area contributed by atoms with Crippen molar-refractivity contribution >= 4 is 17.5 Å². The number of para-hydroxylation sites is 2. The molecule has 1 aromatic heterocycles. The molecule has 6 nitrogen and oxygen atoms in total. The largest absolute Gasteiger partial charge is 0.491 e. The molecule has 0 aliphatic heterocycles. The first-order valence-corrected chi connectivity index (χ1v) is 7.49. The zero-order valence-corrected chi connectivity index (χ0v) is 13.2. The molecule has 0 aliphatic rings. The lowest BCUT2D eigenvalue weighted by Gasteiger charge is -2.16. The van der Waals surface area contributed by atoms with Crippen molar-refractivity contribution < 1.29 is 18.7 Å². The molecule has 0 saturated carbocycles. The number of anilines is 1. The molecule has 0 aliphatic carbocycles. The number of carbonyl (C=O) groups excluding carboxylic acids is 2. The van der Waals surface area contributed by atoms with E-state index in [9.17, 15) is 9.59 Å². The first-order valence-electron chi connectivity index (χ1n) is 7.49. The summed E-state index contributed by atoms with van der Waals surface area (Å²) >= 11 is 0. The van der Waals surface area contributed by atoms with E-state index < -0.39 is 11.9 Å². The summed E-state index contributed by atoms with van der Waals surface area (Å²) in [6, 6.07) is 9.62. The molecule has 0 saturated heterocycles. The Bertz CT molecular complexity index is 652. The van der Waals surface area contributed by atoms with Crippen LogP contribution in [0.15, 0.2) is 47.1 Å². The van der Waals surface area contributed by atoms with Crippen molar-refractivity contribution in [2.75, 3.05) is 11.9 Å². The highest BCUT2D eigenvalue weighted by Gasteiger charge is 2.19. The van der Waals surface area contributed by atoms with Gasteiger partial charge in [-0.25, -0.2) is 0 Å². The molecular formula is C17H20N2O4. The van der Waals surface area contributed by atoms with Gasteiger partial charge in [0.2, 0.25) is 5.91 Å². The average Bonchev–Trinajstić information content (AvgIpc) is 3.08. The molecule has 1 atom stereocenters. The van der Waals surface area contributed by atoms with Crippen molar-refractivity contribution in [3.63, 3.8) is 0 Å². The van der Waals surface area contributed by atoms with E-state index in [2.05, 4.69) is 10.6 Å². The highest BCUT2D eigenvalue weighted by molar-refractivity contribution is 6.00. The molecule has 1 aromatic carbocycles. The number of carbonyl (C=O) groups is 2. The predicted molar refractivity (Wildman–Crippen MR) is 86.5 cm³/mol. The maximum absolute atomic E-state index is 12.2. The molecule has 2 rings (SSSR count). The Balaban J connectivity index is 1.97. The number of rotatable bonds is 7. The van der Waals surface area contributed by atoms with Crippen molar-refractivity contribution in [3.8, 4) is 5.75 Å². The highest BCUT2D eigenvalue weighted by atomic mass is 16.5. The molecule has 0 spiro atoms. The smallest absolute Gasteiger partial charge is 0.287 e. The summed E-state index contributed by atoms with van der Waals surface area (Å²) in [5.41, 5.74) is 0.574. The van der Waals surface area contributed by atoms with Crippen molar-refractivity contribution in [1.82, 2.24) is 5.32 Å². The Morgan fingerprint density at radius 1 is 1.22 bits per heavy atom. The fourth-order valence-corrected chi connectivity index (χ4v) is 1.89. The lowest BCUT2D eigenvalue weighted by molar-refractivity contribution is -0.117. The van der Waals surface area contributed by atoms with Crippen LogP contribution in [0.2, 0.25) is 0 Å².